The maximum absolute atomic E-state index is 12.2. The fourth-order valence-corrected chi connectivity index (χ4v) is 11.6. The molecule has 0 fully saturated rings. The van der Waals surface area contributed by atoms with E-state index in [1.807, 2.05) is 48.5 Å². The molecule has 0 radical (unpaired) electrons. The number of carbonyl (C=O) groups is 2. The molecule has 2 amide bonds. The molecule has 0 spiro atoms. The largest absolute Gasteiger partial charge is 0.449 e. The summed E-state index contributed by atoms with van der Waals surface area (Å²) >= 11 is 14.4. The van der Waals surface area contributed by atoms with Crippen LogP contribution in [0.4, 0.5) is 21.0 Å². The Bertz CT molecular complexity index is 1350. The Morgan fingerprint density at radius 1 is 0.468 bits per heavy atom. The Labute approximate surface area is 403 Å². The molecule has 0 aliphatic heterocycles. The number of unbranched alkanes of at least 4 members (excludes halogenated alkanes) is 16. The molecule has 0 unspecified atom stereocenters. The Morgan fingerprint density at radius 3 is 1.06 bits per heavy atom. The predicted molar refractivity (Wildman–Crippen MR) is 284 cm³/mol. The van der Waals surface area contributed by atoms with E-state index < -0.39 is 0 Å². The highest BCUT2D eigenvalue weighted by Gasteiger charge is 2.09. The quantitative estimate of drug-likeness (QED) is 0.0392. The Kier molecular flexibility index (Phi) is 34.9. The summed E-state index contributed by atoms with van der Waals surface area (Å²) in [6, 6.07) is 15.8. The minimum atomic E-state index is -0.383. The van der Waals surface area contributed by atoms with Crippen molar-refractivity contribution in [2.75, 3.05) is 61.5 Å². The number of thioether (sulfide) groups is 2. The topological polar surface area (TPSA) is 83.1 Å². The highest BCUT2D eigenvalue weighted by Crippen LogP contribution is 2.25. The first kappa shape index (κ1) is 56.3. The number of carbonyl (C=O) groups excluding carboxylic acids is 2. The van der Waals surface area contributed by atoms with Gasteiger partial charge >= 0.3 is 12.2 Å². The molecular weight excluding hydrogens is 889 g/mol. The molecule has 2 aromatic carbocycles. The lowest BCUT2D eigenvalue weighted by Crippen LogP contribution is -2.26. The molecule has 2 rings (SSSR count). The molecular formula is C48H78N4O4S6. The molecule has 0 atom stereocenters. The average Bonchev–Trinajstić information content (AvgIpc) is 3.28. The molecule has 2 N–H and O–H groups in total. The molecule has 0 bridgehead atoms. The molecule has 0 saturated carbocycles. The van der Waals surface area contributed by atoms with Crippen LogP contribution >= 0.6 is 69.5 Å². The Hall–Kier alpha value is -1.84. The van der Waals surface area contributed by atoms with Crippen LogP contribution in [0, 0.1) is 0 Å². The van der Waals surface area contributed by atoms with Crippen LogP contribution in [-0.4, -0.2) is 81.5 Å². The van der Waals surface area contributed by atoms with E-state index in [-0.39, 0.29) is 12.2 Å². The number of hydrogen-bond donors (Lipinski definition) is 2. The summed E-state index contributed by atoms with van der Waals surface area (Å²) in [6.45, 7) is 13.1. The molecule has 0 saturated heterocycles. The lowest BCUT2D eigenvalue weighted by Gasteiger charge is -2.20. The predicted octanol–water partition coefficient (Wildman–Crippen LogP) is 15.6. The van der Waals surface area contributed by atoms with E-state index >= 15 is 0 Å². The number of hydrogen-bond acceptors (Lipinski definition) is 10. The first-order chi connectivity index (χ1) is 30.3. The van der Waals surface area contributed by atoms with E-state index in [1.54, 1.807) is 23.5 Å². The second kappa shape index (κ2) is 38.4. The maximum atomic E-state index is 12.2. The second-order valence-corrected chi connectivity index (χ2v) is 21.3. The van der Waals surface area contributed by atoms with Gasteiger partial charge in [0.1, 0.15) is 8.64 Å². The van der Waals surface area contributed by atoms with Crippen molar-refractivity contribution in [3.8, 4) is 0 Å². The maximum Gasteiger partial charge on any atom is 0.411 e. The van der Waals surface area contributed by atoms with E-state index in [4.69, 9.17) is 33.9 Å². The van der Waals surface area contributed by atoms with Crippen molar-refractivity contribution in [1.82, 2.24) is 9.80 Å². The lowest BCUT2D eigenvalue weighted by molar-refractivity contribution is 0.158. The molecule has 2 aromatic rings. The van der Waals surface area contributed by atoms with Gasteiger partial charge in [0, 0.05) is 60.6 Å². The van der Waals surface area contributed by atoms with Crippen LogP contribution in [0.3, 0.4) is 0 Å². The third-order valence-corrected chi connectivity index (χ3v) is 16.2. The molecule has 350 valence electrons. The summed E-state index contributed by atoms with van der Waals surface area (Å²) in [5, 5.41) is 5.67. The third kappa shape index (κ3) is 28.8. The fourth-order valence-electron chi connectivity index (χ4n) is 6.56. The normalized spacial score (nSPS) is 11.0. The zero-order chi connectivity index (χ0) is 44.9. The van der Waals surface area contributed by atoms with Gasteiger partial charge in [0.25, 0.3) is 0 Å². The standard InChI is InChI=1S/C48H78N4O4S6/c1-5-51(6-2)47(57)59-39-41-27-31-43(32-28-41)49-45(53)55-35-23-19-15-11-9-13-17-21-25-37-61-62-38-26-22-18-14-10-12-16-20-24-36-56-46(54)50-44-33-29-42(30-34-44)40-60-48(58)52(7-3)8-4/h27-34H,5-26,35-40H2,1-4H3,(H,49,53)(H,50,54). The number of nitrogens with zero attached hydrogens (tertiary/aromatic N) is 2. The van der Waals surface area contributed by atoms with E-state index in [2.05, 4.69) is 69.7 Å². The first-order valence-electron chi connectivity index (χ1n) is 23.4. The average molecular weight is 968 g/mol. The Morgan fingerprint density at radius 2 is 0.758 bits per heavy atom. The van der Waals surface area contributed by atoms with Gasteiger partial charge in [0.2, 0.25) is 0 Å². The molecule has 0 aliphatic rings. The van der Waals surface area contributed by atoms with E-state index in [0.29, 0.717) is 13.2 Å². The molecule has 14 heteroatoms. The van der Waals surface area contributed by atoms with Crippen molar-refractivity contribution in [1.29, 1.82) is 0 Å². The van der Waals surface area contributed by atoms with Crippen LogP contribution in [0.25, 0.3) is 0 Å². The summed E-state index contributed by atoms with van der Waals surface area (Å²) < 4.78 is 12.6. The molecule has 62 heavy (non-hydrogen) atoms. The molecule has 8 nitrogen and oxygen atoms in total. The van der Waals surface area contributed by atoms with Crippen molar-refractivity contribution in [2.24, 2.45) is 0 Å². The number of rotatable bonds is 35. The highest BCUT2D eigenvalue weighted by atomic mass is 33.1. The van der Waals surface area contributed by atoms with Crippen molar-refractivity contribution in [2.45, 2.75) is 155 Å². The number of benzene rings is 2. The molecule has 0 heterocycles. The van der Waals surface area contributed by atoms with Gasteiger partial charge in [-0.2, -0.15) is 0 Å². The van der Waals surface area contributed by atoms with Crippen LogP contribution in [-0.2, 0) is 21.0 Å². The highest BCUT2D eigenvalue weighted by molar-refractivity contribution is 8.76. The van der Waals surface area contributed by atoms with Crippen molar-refractivity contribution in [3.05, 3.63) is 59.7 Å². The van der Waals surface area contributed by atoms with Crippen LogP contribution in [0.5, 0.6) is 0 Å². The number of nitrogens with one attached hydrogen (secondary N) is 2. The van der Waals surface area contributed by atoms with Gasteiger partial charge in [-0.1, -0.05) is 184 Å². The monoisotopic (exact) mass is 966 g/mol. The zero-order valence-electron chi connectivity index (χ0n) is 38.4. The van der Waals surface area contributed by atoms with Crippen LogP contribution in [0.15, 0.2) is 48.5 Å². The van der Waals surface area contributed by atoms with Crippen LogP contribution in [0.1, 0.15) is 154 Å². The van der Waals surface area contributed by atoms with Crippen LogP contribution < -0.4 is 10.6 Å². The van der Waals surface area contributed by atoms with Crippen LogP contribution in [0.2, 0.25) is 0 Å². The third-order valence-electron chi connectivity index (χ3n) is 10.5. The second-order valence-electron chi connectivity index (χ2n) is 15.4. The van der Waals surface area contributed by atoms with Crippen molar-refractivity contribution < 1.29 is 19.1 Å². The van der Waals surface area contributed by atoms with E-state index in [9.17, 15) is 9.59 Å². The van der Waals surface area contributed by atoms with Gasteiger partial charge in [-0.3, -0.25) is 10.6 Å². The lowest BCUT2D eigenvalue weighted by atomic mass is 10.1. The Balaban J connectivity index is 1.27. The fraction of sp³-hybridized carbons (Fsp3) is 0.667. The smallest absolute Gasteiger partial charge is 0.411 e. The van der Waals surface area contributed by atoms with Gasteiger partial charge in [-0.05, 0) is 88.8 Å². The van der Waals surface area contributed by atoms with Crippen molar-refractivity contribution in [3.63, 3.8) is 0 Å². The summed E-state index contributed by atoms with van der Waals surface area (Å²) in [4.78, 5) is 28.7. The van der Waals surface area contributed by atoms with E-state index in [0.717, 1.165) is 83.4 Å². The number of ether oxygens (including phenoxy) is 2. The van der Waals surface area contributed by atoms with Gasteiger partial charge in [-0.25, -0.2) is 9.59 Å². The summed E-state index contributed by atoms with van der Waals surface area (Å²) in [6.07, 6.45) is 21.5. The van der Waals surface area contributed by atoms with Gasteiger partial charge in [-0.15, -0.1) is 0 Å². The van der Waals surface area contributed by atoms with Crippen molar-refractivity contribution >= 4 is 102 Å². The number of thiocarbonyl (C=S) groups is 2. The minimum absolute atomic E-state index is 0.383. The molecule has 0 aliphatic carbocycles. The summed E-state index contributed by atoms with van der Waals surface area (Å²) in [5.74, 6) is 4.18. The first-order valence-corrected chi connectivity index (χ1v) is 28.7. The zero-order valence-corrected chi connectivity index (χ0v) is 43.3. The number of amides is 2. The summed E-state index contributed by atoms with van der Waals surface area (Å²) in [5.41, 5.74) is 3.85. The number of anilines is 2. The van der Waals surface area contributed by atoms with Gasteiger partial charge < -0.3 is 19.3 Å². The summed E-state index contributed by atoms with van der Waals surface area (Å²) in [7, 11) is 4.11. The SMILES string of the molecule is CCN(CC)C(=S)SCc1ccc(NC(=O)OCCCCCCCCCCCSSCCCCCCCCCCCOC(=O)Nc2ccc(CSC(=S)N(CC)CC)cc2)cc1. The van der Waals surface area contributed by atoms with Gasteiger partial charge in [0.15, 0.2) is 0 Å². The molecule has 0 aromatic heterocycles. The minimum Gasteiger partial charge on any atom is -0.449 e. The van der Waals surface area contributed by atoms with Gasteiger partial charge in [0.05, 0.1) is 13.2 Å². The van der Waals surface area contributed by atoms with E-state index in [1.165, 1.54) is 113 Å².